The van der Waals surface area contributed by atoms with Gasteiger partial charge in [0.2, 0.25) is 5.92 Å². The highest BCUT2D eigenvalue weighted by atomic mass is 35.5. The number of hydrogen-bond donors (Lipinski definition) is 2. The van der Waals surface area contributed by atoms with Crippen molar-refractivity contribution in [2.75, 3.05) is 12.4 Å². The minimum Gasteiger partial charge on any atom is -0.372 e. The van der Waals surface area contributed by atoms with E-state index in [1.165, 1.54) is 6.33 Å². The molecule has 29 heavy (non-hydrogen) atoms. The number of pyridine rings is 1. The summed E-state index contributed by atoms with van der Waals surface area (Å²) >= 11 is 6.32. The molecule has 0 radical (unpaired) electrons. The Balaban J connectivity index is 1.56. The van der Waals surface area contributed by atoms with Gasteiger partial charge < -0.3 is 10.3 Å². The van der Waals surface area contributed by atoms with Gasteiger partial charge in [-0.2, -0.15) is 0 Å². The van der Waals surface area contributed by atoms with E-state index < -0.39 is 5.92 Å². The van der Waals surface area contributed by atoms with Crippen LogP contribution in [-0.4, -0.2) is 38.7 Å². The average molecular weight is 420 g/mol. The zero-order valence-corrected chi connectivity index (χ0v) is 16.6. The molecule has 9 heteroatoms. The number of fused-ring (bicyclic) bond motifs is 1. The van der Waals surface area contributed by atoms with E-state index in [2.05, 4.69) is 25.3 Å². The van der Waals surface area contributed by atoms with Crippen LogP contribution in [0.3, 0.4) is 0 Å². The molecule has 0 bridgehead atoms. The first kappa shape index (κ1) is 19.7. The molecule has 1 aliphatic carbocycles. The van der Waals surface area contributed by atoms with Crippen LogP contribution in [0, 0.1) is 5.92 Å². The molecule has 0 amide bonds. The van der Waals surface area contributed by atoms with Crippen LogP contribution >= 0.6 is 11.6 Å². The lowest BCUT2D eigenvalue weighted by Gasteiger charge is -2.28. The molecule has 1 saturated carbocycles. The Labute approximate surface area is 171 Å². The molecule has 0 saturated heterocycles. The quantitative estimate of drug-likeness (QED) is 0.464. The van der Waals surface area contributed by atoms with E-state index in [9.17, 15) is 13.6 Å². The number of hydrogen-bond acceptors (Lipinski definition) is 5. The summed E-state index contributed by atoms with van der Waals surface area (Å²) < 4.78 is 26.7. The highest BCUT2D eigenvalue weighted by Gasteiger charge is 2.35. The molecule has 6 nitrogen and oxygen atoms in total. The Morgan fingerprint density at radius 2 is 2.03 bits per heavy atom. The van der Waals surface area contributed by atoms with Crippen molar-refractivity contribution in [2.24, 2.45) is 5.92 Å². The largest absolute Gasteiger partial charge is 0.372 e. The number of H-pyrrole nitrogens is 1. The Morgan fingerprint density at radius 3 is 2.72 bits per heavy atom. The maximum atomic E-state index is 13.3. The molecule has 3 aromatic rings. The van der Waals surface area contributed by atoms with Crippen molar-refractivity contribution in [3.05, 3.63) is 46.6 Å². The van der Waals surface area contributed by atoms with Crippen LogP contribution in [0.5, 0.6) is 0 Å². The number of aromatic amines is 1. The molecule has 1 fully saturated rings. The fraction of sp³-hybridized carbons (Fsp3) is 0.400. The predicted octanol–water partition coefficient (Wildman–Crippen LogP) is 4.65. The zero-order chi connectivity index (χ0) is 20.6. The van der Waals surface area contributed by atoms with Gasteiger partial charge >= 0.3 is 0 Å². The Morgan fingerprint density at radius 1 is 1.28 bits per heavy atom. The van der Waals surface area contributed by atoms with Crippen LogP contribution in [0.1, 0.15) is 47.3 Å². The first-order valence-electron chi connectivity index (χ1n) is 9.46. The summed E-state index contributed by atoms with van der Waals surface area (Å²) in [5.74, 6) is -2.14. The van der Waals surface area contributed by atoms with Gasteiger partial charge in [-0.1, -0.05) is 11.6 Å². The molecule has 0 unspecified atom stereocenters. The number of carbonyl (C=O) groups is 1. The van der Waals surface area contributed by atoms with E-state index in [1.54, 1.807) is 25.4 Å². The van der Waals surface area contributed by atoms with Crippen LogP contribution in [0.4, 0.5) is 14.6 Å². The summed E-state index contributed by atoms with van der Waals surface area (Å²) in [6, 6.07) is 3.39. The maximum absolute atomic E-state index is 13.3. The van der Waals surface area contributed by atoms with E-state index >= 15 is 0 Å². The van der Waals surface area contributed by atoms with Crippen LogP contribution in [0.2, 0.25) is 5.15 Å². The van der Waals surface area contributed by atoms with Crippen molar-refractivity contribution in [1.29, 1.82) is 0 Å². The minimum absolute atomic E-state index is 0.0849. The molecule has 3 heterocycles. The number of ketones is 1. The summed E-state index contributed by atoms with van der Waals surface area (Å²) in [5, 5.41) is 3.64. The lowest BCUT2D eigenvalue weighted by Crippen LogP contribution is -2.25. The number of carbonyl (C=O) groups excluding carboxylic acids is 1. The van der Waals surface area contributed by atoms with Crippen LogP contribution in [0.25, 0.3) is 11.0 Å². The molecule has 152 valence electrons. The zero-order valence-electron chi connectivity index (χ0n) is 15.8. The van der Waals surface area contributed by atoms with Crippen molar-refractivity contribution < 1.29 is 13.6 Å². The number of anilines is 1. The molecule has 0 atom stereocenters. The third kappa shape index (κ3) is 3.94. The first-order chi connectivity index (χ1) is 13.9. The summed E-state index contributed by atoms with van der Waals surface area (Å²) in [6.45, 7) is 0. The Bertz CT molecular complexity index is 1060. The number of nitrogens with one attached hydrogen (secondary N) is 2. The topological polar surface area (TPSA) is 83.6 Å². The van der Waals surface area contributed by atoms with E-state index in [0.29, 0.717) is 47.4 Å². The SMILES string of the molecule is CNc1ncnc2[nH]cc(C(=O)c3ccc(CC4CCC(F)(F)CC4)nc3Cl)c12. The Kier molecular flexibility index (Phi) is 5.21. The monoisotopic (exact) mass is 419 g/mol. The standard InChI is InChI=1S/C20H20ClF2N5O/c1-24-18-15-14(9-25-19(15)27-10-26-18)16(29)13-3-2-12(28-17(13)21)8-11-4-6-20(22,23)7-5-11/h2-3,9-11H,4-8H2,1H3,(H2,24,25,26,27). The summed E-state index contributed by atoms with van der Waals surface area (Å²) in [6.07, 6.45) is 4.33. The molecule has 0 spiro atoms. The van der Waals surface area contributed by atoms with E-state index in [0.717, 1.165) is 0 Å². The van der Waals surface area contributed by atoms with Gasteiger partial charge in [-0.15, -0.1) is 0 Å². The molecule has 0 aliphatic heterocycles. The van der Waals surface area contributed by atoms with Gasteiger partial charge in [0.1, 0.15) is 22.9 Å². The molecule has 1 aliphatic rings. The normalized spacial score (nSPS) is 16.8. The predicted molar refractivity (Wildman–Crippen MR) is 107 cm³/mol. The van der Waals surface area contributed by atoms with Gasteiger partial charge in [-0.25, -0.2) is 23.7 Å². The lowest BCUT2D eigenvalue weighted by atomic mass is 9.84. The number of aromatic nitrogens is 4. The van der Waals surface area contributed by atoms with Crippen molar-refractivity contribution >= 4 is 34.2 Å². The second kappa shape index (κ2) is 7.67. The second-order valence-electron chi connectivity index (χ2n) is 7.37. The summed E-state index contributed by atoms with van der Waals surface area (Å²) in [4.78, 5) is 28.7. The minimum atomic E-state index is -2.55. The molecular weight excluding hydrogens is 400 g/mol. The molecule has 3 aromatic heterocycles. The number of rotatable bonds is 5. The fourth-order valence-electron chi connectivity index (χ4n) is 3.83. The highest BCUT2D eigenvalue weighted by molar-refractivity contribution is 6.34. The van der Waals surface area contributed by atoms with E-state index in [1.807, 2.05) is 0 Å². The van der Waals surface area contributed by atoms with Gasteiger partial charge in [0.15, 0.2) is 5.78 Å². The molecule has 0 aromatic carbocycles. The van der Waals surface area contributed by atoms with Crippen molar-refractivity contribution in [3.63, 3.8) is 0 Å². The summed E-state index contributed by atoms with van der Waals surface area (Å²) in [7, 11) is 1.72. The number of nitrogens with zero attached hydrogens (tertiary/aromatic N) is 3. The molecule has 4 rings (SSSR count). The van der Waals surface area contributed by atoms with Gasteiger partial charge in [-0.3, -0.25) is 4.79 Å². The number of halogens is 3. The highest BCUT2D eigenvalue weighted by Crippen LogP contribution is 2.37. The van der Waals surface area contributed by atoms with Crippen LogP contribution in [-0.2, 0) is 6.42 Å². The average Bonchev–Trinajstić information content (AvgIpc) is 3.13. The van der Waals surface area contributed by atoms with Gasteiger partial charge in [-0.05, 0) is 37.3 Å². The fourth-order valence-corrected chi connectivity index (χ4v) is 4.09. The first-order valence-corrected chi connectivity index (χ1v) is 9.83. The smallest absolute Gasteiger partial charge is 0.248 e. The number of alkyl halides is 2. The Hall–Kier alpha value is -2.61. The third-order valence-corrected chi connectivity index (χ3v) is 5.72. The van der Waals surface area contributed by atoms with Crippen molar-refractivity contribution in [1.82, 2.24) is 19.9 Å². The van der Waals surface area contributed by atoms with Gasteiger partial charge in [0.05, 0.1) is 16.5 Å². The van der Waals surface area contributed by atoms with Gasteiger partial charge in [0.25, 0.3) is 0 Å². The van der Waals surface area contributed by atoms with Gasteiger partial charge in [0, 0.05) is 31.8 Å². The van der Waals surface area contributed by atoms with Crippen molar-refractivity contribution in [2.45, 2.75) is 38.0 Å². The maximum Gasteiger partial charge on any atom is 0.248 e. The molecular formula is C20H20ClF2N5O. The summed E-state index contributed by atoms with van der Waals surface area (Å²) in [5.41, 5.74) is 1.93. The molecule has 2 N–H and O–H groups in total. The third-order valence-electron chi connectivity index (χ3n) is 5.44. The van der Waals surface area contributed by atoms with Crippen LogP contribution in [0.15, 0.2) is 24.7 Å². The van der Waals surface area contributed by atoms with E-state index in [4.69, 9.17) is 11.6 Å². The second-order valence-corrected chi connectivity index (χ2v) is 7.73. The van der Waals surface area contributed by atoms with Crippen molar-refractivity contribution in [3.8, 4) is 0 Å². The van der Waals surface area contributed by atoms with Crippen LogP contribution < -0.4 is 5.32 Å². The lowest BCUT2D eigenvalue weighted by molar-refractivity contribution is -0.0457. The van der Waals surface area contributed by atoms with E-state index in [-0.39, 0.29) is 35.3 Å².